The molecule has 1 nitrogen and oxygen atoms in total. The predicted molar refractivity (Wildman–Crippen MR) is 66.5 cm³/mol. The van der Waals surface area contributed by atoms with Crippen LogP contribution in [-0.2, 0) is 0 Å². The van der Waals surface area contributed by atoms with Crippen LogP contribution in [0.4, 0.5) is 0 Å². The summed E-state index contributed by atoms with van der Waals surface area (Å²) in [7, 11) is 0. The number of ketones is 1. The van der Waals surface area contributed by atoms with E-state index < -0.39 is 0 Å². The van der Waals surface area contributed by atoms with Gasteiger partial charge in [0.25, 0.3) is 0 Å². The van der Waals surface area contributed by atoms with Crippen LogP contribution in [0.15, 0.2) is 18.2 Å². The molecule has 0 amide bonds. The molecule has 15 heavy (non-hydrogen) atoms. The molecule has 1 heterocycles. The molecule has 0 saturated carbocycles. The zero-order valence-electron chi connectivity index (χ0n) is 8.01. The third kappa shape index (κ3) is 1.89. The third-order valence-electron chi connectivity index (χ3n) is 2.18. The normalized spacial score (nSPS) is 10.9. The van der Waals surface area contributed by atoms with Crippen LogP contribution in [0, 0.1) is 0 Å². The predicted octanol–water partition coefficient (Wildman–Crippen LogP) is 4.80. The van der Waals surface area contributed by atoms with Gasteiger partial charge in [-0.25, -0.2) is 0 Å². The molecule has 0 atom stereocenters. The molecular weight excluding hydrogens is 251 g/mol. The number of fused-ring (bicyclic) bond motifs is 1. The van der Waals surface area contributed by atoms with Gasteiger partial charge in [0.2, 0.25) is 0 Å². The first kappa shape index (κ1) is 10.9. The van der Waals surface area contributed by atoms with Crippen molar-refractivity contribution in [1.82, 2.24) is 0 Å². The number of Topliss-reactive ketones (excluding diaryl/α,β-unsaturated/α-hetero) is 1. The molecule has 78 valence electrons. The Kier molecular flexibility index (Phi) is 3.01. The summed E-state index contributed by atoms with van der Waals surface area (Å²) in [5, 5.41) is 1.92. The molecule has 0 bridgehead atoms. The monoisotopic (exact) mass is 258 g/mol. The van der Waals surface area contributed by atoms with Crippen molar-refractivity contribution in [3.63, 3.8) is 0 Å². The molecule has 2 rings (SSSR count). The fraction of sp³-hybridized carbons (Fsp3) is 0.182. The first-order chi connectivity index (χ1) is 7.13. The molecule has 0 spiro atoms. The SMILES string of the molecule is CCC(=O)c1cc2c(Cl)c(Cl)ccc2s1. The minimum atomic E-state index is 0.142. The average molecular weight is 259 g/mol. The summed E-state index contributed by atoms with van der Waals surface area (Å²) in [5.41, 5.74) is 0. The van der Waals surface area contributed by atoms with Crippen molar-refractivity contribution in [1.29, 1.82) is 0 Å². The van der Waals surface area contributed by atoms with Crippen LogP contribution in [0.3, 0.4) is 0 Å². The van der Waals surface area contributed by atoms with Crippen molar-refractivity contribution in [3.05, 3.63) is 33.1 Å². The minimum absolute atomic E-state index is 0.142. The molecule has 0 aliphatic heterocycles. The highest BCUT2D eigenvalue weighted by molar-refractivity contribution is 7.21. The van der Waals surface area contributed by atoms with E-state index in [9.17, 15) is 4.79 Å². The van der Waals surface area contributed by atoms with Gasteiger partial charge in [-0.15, -0.1) is 11.3 Å². The summed E-state index contributed by atoms with van der Waals surface area (Å²) >= 11 is 13.4. The van der Waals surface area contributed by atoms with Gasteiger partial charge in [-0.3, -0.25) is 4.79 Å². The van der Waals surface area contributed by atoms with Gasteiger partial charge in [0.1, 0.15) is 0 Å². The van der Waals surface area contributed by atoms with E-state index in [4.69, 9.17) is 23.2 Å². The molecular formula is C11H8Cl2OS. The Morgan fingerprint density at radius 2 is 2.13 bits per heavy atom. The van der Waals surface area contributed by atoms with Crippen LogP contribution >= 0.6 is 34.5 Å². The van der Waals surface area contributed by atoms with Gasteiger partial charge >= 0.3 is 0 Å². The van der Waals surface area contributed by atoms with E-state index in [2.05, 4.69) is 0 Å². The van der Waals surface area contributed by atoms with Gasteiger partial charge in [-0.2, -0.15) is 0 Å². The molecule has 0 unspecified atom stereocenters. The summed E-state index contributed by atoms with van der Waals surface area (Å²) in [5.74, 6) is 0.142. The summed E-state index contributed by atoms with van der Waals surface area (Å²) in [6.45, 7) is 1.85. The van der Waals surface area contributed by atoms with E-state index in [1.807, 2.05) is 19.1 Å². The number of benzene rings is 1. The summed E-state index contributed by atoms with van der Waals surface area (Å²) in [6, 6.07) is 5.46. The van der Waals surface area contributed by atoms with Crippen molar-refractivity contribution in [3.8, 4) is 0 Å². The lowest BCUT2D eigenvalue weighted by Crippen LogP contribution is -1.90. The highest BCUT2D eigenvalue weighted by Crippen LogP contribution is 2.36. The maximum absolute atomic E-state index is 11.5. The average Bonchev–Trinajstić information content (AvgIpc) is 2.67. The standard InChI is InChI=1S/C11H8Cl2OS/c1-2-8(14)10-5-6-9(15-10)4-3-7(12)11(6)13/h3-5H,2H2,1H3. The van der Waals surface area contributed by atoms with Crippen molar-refractivity contribution >= 4 is 50.4 Å². The van der Waals surface area contributed by atoms with Gasteiger partial charge in [-0.1, -0.05) is 30.1 Å². The van der Waals surface area contributed by atoms with E-state index in [1.165, 1.54) is 11.3 Å². The lowest BCUT2D eigenvalue weighted by atomic mass is 10.2. The Bertz CT molecular complexity index is 531. The van der Waals surface area contributed by atoms with Gasteiger partial charge in [0.05, 0.1) is 14.9 Å². The van der Waals surface area contributed by atoms with Gasteiger partial charge < -0.3 is 0 Å². The van der Waals surface area contributed by atoms with Crippen molar-refractivity contribution in [2.75, 3.05) is 0 Å². The minimum Gasteiger partial charge on any atom is -0.293 e. The van der Waals surface area contributed by atoms with Gasteiger partial charge in [0.15, 0.2) is 5.78 Å². The Morgan fingerprint density at radius 1 is 1.40 bits per heavy atom. The number of thiophene rings is 1. The van der Waals surface area contributed by atoms with Crippen molar-refractivity contribution < 1.29 is 4.79 Å². The molecule has 0 aliphatic carbocycles. The summed E-state index contributed by atoms with van der Waals surface area (Å²) < 4.78 is 1.00. The lowest BCUT2D eigenvalue weighted by molar-refractivity contribution is 0.0992. The fourth-order valence-electron chi connectivity index (χ4n) is 1.36. The lowest BCUT2D eigenvalue weighted by Gasteiger charge is -1.95. The number of hydrogen-bond donors (Lipinski definition) is 0. The Balaban J connectivity index is 2.66. The molecule has 0 saturated heterocycles. The first-order valence-electron chi connectivity index (χ1n) is 4.54. The van der Waals surface area contributed by atoms with E-state index in [-0.39, 0.29) is 5.78 Å². The van der Waals surface area contributed by atoms with E-state index in [0.717, 1.165) is 15.0 Å². The van der Waals surface area contributed by atoms with E-state index >= 15 is 0 Å². The number of rotatable bonds is 2. The molecule has 2 aromatic rings. The first-order valence-corrected chi connectivity index (χ1v) is 6.11. The zero-order chi connectivity index (χ0) is 11.0. The van der Waals surface area contributed by atoms with Crippen molar-refractivity contribution in [2.24, 2.45) is 0 Å². The molecule has 0 aliphatic rings. The summed E-state index contributed by atoms with van der Waals surface area (Å²) in [4.78, 5) is 12.3. The van der Waals surface area contributed by atoms with Crippen molar-refractivity contribution in [2.45, 2.75) is 13.3 Å². The maximum Gasteiger partial charge on any atom is 0.172 e. The molecule has 0 fully saturated rings. The van der Waals surface area contributed by atoms with Crippen LogP contribution in [0.25, 0.3) is 10.1 Å². The second kappa shape index (κ2) is 4.12. The fourth-order valence-corrected chi connectivity index (χ4v) is 2.88. The number of hydrogen-bond acceptors (Lipinski definition) is 2. The molecule has 1 aromatic carbocycles. The molecule has 0 radical (unpaired) electrons. The van der Waals surface area contributed by atoms with Crippen LogP contribution in [0.5, 0.6) is 0 Å². The highest BCUT2D eigenvalue weighted by Gasteiger charge is 2.11. The third-order valence-corrected chi connectivity index (χ3v) is 4.14. The molecule has 0 N–H and O–H groups in total. The number of halogens is 2. The van der Waals surface area contributed by atoms with Crippen LogP contribution in [0.2, 0.25) is 10.0 Å². The second-order valence-electron chi connectivity index (χ2n) is 3.16. The summed E-state index contributed by atoms with van der Waals surface area (Å²) in [6.07, 6.45) is 0.512. The van der Waals surface area contributed by atoms with Gasteiger partial charge in [0, 0.05) is 16.5 Å². The van der Waals surface area contributed by atoms with Crippen LogP contribution in [0.1, 0.15) is 23.0 Å². The maximum atomic E-state index is 11.5. The smallest absolute Gasteiger partial charge is 0.172 e. The topological polar surface area (TPSA) is 17.1 Å². The van der Waals surface area contributed by atoms with E-state index in [1.54, 1.807) is 6.07 Å². The Morgan fingerprint density at radius 3 is 2.80 bits per heavy atom. The Labute approximate surface area is 102 Å². The number of carbonyl (C=O) groups is 1. The largest absolute Gasteiger partial charge is 0.293 e. The number of carbonyl (C=O) groups excluding carboxylic acids is 1. The van der Waals surface area contributed by atoms with E-state index in [0.29, 0.717) is 16.5 Å². The van der Waals surface area contributed by atoms with Gasteiger partial charge in [-0.05, 0) is 18.2 Å². The molecule has 1 aromatic heterocycles. The highest BCUT2D eigenvalue weighted by atomic mass is 35.5. The van der Waals surface area contributed by atoms with Crippen LogP contribution in [-0.4, -0.2) is 5.78 Å². The second-order valence-corrected chi connectivity index (χ2v) is 5.03. The Hall–Kier alpha value is -0.570. The van der Waals surface area contributed by atoms with Crippen LogP contribution < -0.4 is 0 Å². The zero-order valence-corrected chi connectivity index (χ0v) is 10.3. The molecule has 4 heteroatoms. The quantitative estimate of drug-likeness (QED) is 0.708.